The van der Waals surface area contributed by atoms with Gasteiger partial charge in [0.2, 0.25) is 5.91 Å². The van der Waals surface area contributed by atoms with E-state index in [2.05, 4.69) is 15.6 Å². The molecule has 0 aliphatic carbocycles. The summed E-state index contributed by atoms with van der Waals surface area (Å²) in [6.45, 7) is 0.322. The number of hydrogen-bond donors (Lipinski definition) is 3. The first kappa shape index (κ1) is 29.9. The van der Waals surface area contributed by atoms with Crippen LogP contribution in [0.1, 0.15) is 16.7 Å². The molecular weight excluding hydrogens is 494 g/mol. The molecule has 10 heteroatoms. The SMILES string of the molecule is CN[C@H](Cc1ccccc1)C(=O)NCc1ccc(F)c(OC)c1.COc1ccc(CC(=O)N=CN)cc1F. The zero-order valence-corrected chi connectivity index (χ0v) is 21.5. The monoisotopic (exact) mass is 526 g/mol. The van der Waals surface area contributed by atoms with Gasteiger partial charge in [-0.15, -0.1) is 0 Å². The molecule has 0 heterocycles. The van der Waals surface area contributed by atoms with E-state index in [4.69, 9.17) is 15.2 Å². The molecule has 0 spiro atoms. The lowest BCUT2D eigenvalue weighted by Crippen LogP contribution is -2.43. The van der Waals surface area contributed by atoms with Gasteiger partial charge in [0, 0.05) is 6.54 Å². The van der Waals surface area contributed by atoms with E-state index in [1.165, 1.54) is 32.4 Å². The van der Waals surface area contributed by atoms with Crippen LogP contribution in [0.5, 0.6) is 11.5 Å². The maximum Gasteiger partial charge on any atom is 0.251 e. The highest BCUT2D eigenvalue weighted by molar-refractivity contribution is 5.85. The number of nitrogens with two attached hydrogens (primary N) is 1. The lowest BCUT2D eigenvalue weighted by molar-refractivity contribution is -0.123. The number of methoxy groups -OCH3 is 2. The Bertz CT molecular complexity index is 1220. The molecule has 3 aromatic rings. The minimum Gasteiger partial charge on any atom is -0.494 e. The van der Waals surface area contributed by atoms with Crippen molar-refractivity contribution in [3.63, 3.8) is 0 Å². The van der Waals surface area contributed by atoms with E-state index in [0.717, 1.165) is 17.5 Å². The van der Waals surface area contributed by atoms with Gasteiger partial charge in [-0.3, -0.25) is 9.59 Å². The Hall–Kier alpha value is -4.31. The second kappa shape index (κ2) is 15.7. The van der Waals surface area contributed by atoms with E-state index in [9.17, 15) is 18.4 Å². The summed E-state index contributed by atoms with van der Waals surface area (Å²) in [5.41, 5.74) is 7.36. The van der Waals surface area contributed by atoms with Crippen molar-refractivity contribution in [1.29, 1.82) is 0 Å². The second-order valence-corrected chi connectivity index (χ2v) is 8.04. The van der Waals surface area contributed by atoms with Crippen molar-refractivity contribution in [2.75, 3.05) is 21.3 Å². The predicted molar refractivity (Wildman–Crippen MR) is 142 cm³/mol. The van der Waals surface area contributed by atoms with Crippen molar-refractivity contribution in [3.05, 3.63) is 95.1 Å². The van der Waals surface area contributed by atoms with Crippen LogP contribution in [0.3, 0.4) is 0 Å². The Balaban J connectivity index is 0.000000293. The Morgan fingerprint density at radius 2 is 1.61 bits per heavy atom. The van der Waals surface area contributed by atoms with Gasteiger partial charge >= 0.3 is 0 Å². The van der Waals surface area contributed by atoms with Crippen LogP contribution in [-0.4, -0.2) is 45.5 Å². The molecule has 0 unspecified atom stereocenters. The third-order valence-corrected chi connectivity index (χ3v) is 5.42. The number of aliphatic imine (C=N–C) groups is 1. The molecule has 0 aliphatic rings. The van der Waals surface area contributed by atoms with E-state index < -0.39 is 17.5 Å². The normalized spacial score (nSPS) is 11.3. The number of halogens is 2. The highest BCUT2D eigenvalue weighted by Gasteiger charge is 2.16. The number of carbonyl (C=O) groups is 2. The van der Waals surface area contributed by atoms with Gasteiger partial charge in [0.15, 0.2) is 23.1 Å². The highest BCUT2D eigenvalue weighted by atomic mass is 19.1. The predicted octanol–water partition coefficient (Wildman–Crippen LogP) is 3.17. The number of amides is 2. The molecule has 0 aromatic heterocycles. The molecule has 0 bridgehead atoms. The summed E-state index contributed by atoms with van der Waals surface area (Å²) in [4.78, 5) is 26.7. The summed E-state index contributed by atoms with van der Waals surface area (Å²) in [6.07, 6.45) is 1.55. The molecule has 0 saturated heterocycles. The Labute approximate surface area is 220 Å². The van der Waals surface area contributed by atoms with Gasteiger partial charge in [-0.25, -0.2) is 13.8 Å². The Morgan fingerprint density at radius 1 is 0.921 bits per heavy atom. The quantitative estimate of drug-likeness (QED) is 0.276. The zero-order valence-electron chi connectivity index (χ0n) is 21.5. The first-order valence-corrected chi connectivity index (χ1v) is 11.7. The highest BCUT2D eigenvalue weighted by Crippen LogP contribution is 2.19. The summed E-state index contributed by atoms with van der Waals surface area (Å²) < 4.78 is 36.2. The molecule has 202 valence electrons. The van der Waals surface area contributed by atoms with Gasteiger partial charge in [0.05, 0.1) is 33.0 Å². The molecule has 3 aromatic carbocycles. The van der Waals surface area contributed by atoms with Crippen molar-refractivity contribution in [2.24, 2.45) is 10.7 Å². The average Bonchev–Trinajstić information content (AvgIpc) is 2.92. The van der Waals surface area contributed by atoms with Crippen LogP contribution in [0.4, 0.5) is 8.78 Å². The van der Waals surface area contributed by atoms with Crippen LogP contribution in [-0.2, 0) is 29.0 Å². The number of ether oxygens (including phenoxy) is 2. The Kier molecular flexibility index (Phi) is 12.4. The second-order valence-electron chi connectivity index (χ2n) is 8.04. The summed E-state index contributed by atoms with van der Waals surface area (Å²) >= 11 is 0. The number of carbonyl (C=O) groups excluding carboxylic acids is 2. The van der Waals surface area contributed by atoms with Crippen LogP contribution < -0.4 is 25.8 Å². The van der Waals surface area contributed by atoms with Crippen LogP contribution in [0.15, 0.2) is 71.7 Å². The molecular formula is C28H32F2N4O4. The van der Waals surface area contributed by atoms with Crippen LogP contribution >= 0.6 is 0 Å². The summed E-state index contributed by atoms with van der Waals surface area (Å²) in [7, 11) is 4.55. The number of nitrogens with zero attached hydrogens (tertiary/aromatic N) is 1. The Morgan fingerprint density at radius 3 is 2.21 bits per heavy atom. The first-order valence-electron chi connectivity index (χ1n) is 11.7. The molecule has 4 N–H and O–H groups in total. The van der Waals surface area contributed by atoms with Crippen LogP contribution in [0, 0.1) is 11.6 Å². The molecule has 3 rings (SSSR count). The zero-order chi connectivity index (χ0) is 27.9. The van der Waals surface area contributed by atoms with Crippen LogP contribution in [0.25, 0.3) is 0 Å². The van der Waals surface area contributed by atoms with Gasteiger partial charge in [0.25, 0.3) is 5.91 Å². The van der Waals surface area contributed by atoms with E-state index in [1.54, 1.807) is 25.2 Å². The topological polar surface area (TPSA) is 115 Å². The summed E-state index contributed by atoms with van der Waals surface area (Å²) in [5.74, 6) is -1.11. The maximum atomic E-state index is 13.4. The number of likely N-dealkylation sites (N-methyl/N-ethyl adjacent to an activating group) is 1. The van der Waals surface area contributed by atoms with Gasteiger partial charge in [0.1, 0.15) is 0 Å². The lowest BCUT2D eigenvalue weighted by Gasteiger charge is -2.16. The molecule has 2 amide bonds. The molecule has 1 atom stereocenters. The van der Waals surface area contributed by atoms with E-state index >= 15 is 0 Å². The maximum absolute atomic E-state index is 13.4. The third kappa shape index (κ3) is 9.62. The fourth-order valence-electron chi connectivity index (χ4n) is 3.43. The third-order valence-electron chi connectivity index (χ3n) is 5.42. The van der Waals surface area contributed by atoms with Gasteiger partial charge < -0.3 is 25.8 Å². The number of hydrogen-bond acceptors (Lipinski definition) is 5. The van der Waals surface area contributed by atoms with E-state index in [1.807, 2.05) is 30.3 Å². The van der Waals surface area contributed by atoms with Gasteiger partial charge in [-0.05, 0) is 54.4 Å². The fraction of sp³-hybridized carbons (Fsp3) is 0.250. The largest absolute Gasteiger partial charge is 0.494 e. The standard InChI is InChI=1S/C18H21FN2O2.C10H11FN2O2/c1-20-16(10-13-6-4-3-5-7-13)18(22)21-12-14-8-9-15(19)17(11-14)23-2;1-15-9-3-2-7(4-8(9)11)5-10(14)13-6-12/h3-9,11,16,20H,10,12H2,1-2H3,(H,21,22);2-4,6H,5H2,1H3,(H2,12,13,14)/t16-;/m1./s1. The molecule has 0 saturated carbocycles. The van der Waals surface area contributed by atoms with Gasteiger partial charge in [-0.2, -0.15) is 0 Å². The van der Waals surface area contributed by atoms with Crippen molar-refractivity contribution >= 4 is 18.2 Å². The minimum atomic E-state index is -0.500. The smallest absolute Gasteiger partial charge is 0.251 e. The minimum absolute atomic E-state index is 0.0224. The summed E-state index contributed by atoms with van der Waals surface area (Å²) in [6, 6.07) is 18.4. The van der Waals surface area contributed by atoms with E-state index in [0.29, 0.717) is 18.5 Å². The lowest BCUT2D eigenvalue weighted by atomic mass is 10.1. The number of nitrogens with one attached hydrogen (secondary N) is 2. The van der Waals surface area contributed by atoms with Crippen molar-refractivity contribution in [1.82, 2.24) is 10.6 Å². The molecule has 0 aliphatic heterocycles. The van der Waals surface area contributed by atoms with Crippen molar-refractivity contribution < 1.29 is 27.8 Å². The molecule has 38 heavy (non-hydrogen) atoms. The van der Waals surface area contributed by atoms with Crippen molar-refractivity contribution in [3.8, 4) is 11.5 Å². The fourth-order valence-corrected chi connectivity index (χ4v) is 3.43. The first-order chi connectivity index (χ1) is 18.3. The van der Waals surface area contributed by atoms with Gasteiger partial charge in [-0.1, -0.05) is 42.5 Å². The number of benzene rings is 3. The number of rotatable bonds is 10. The van der Waals surface area contributed by atoms with E-state index in [-0.39, 0.29) is 29.9 Å². The van der Waals surface area contributed by atoms with Crippen LogP contribution in [0.2, 0.25) is 0 Å². The molecule has 0 fully saturated rings. The average molecular weight is 527 g/mol. The summed E-state index contributed by atoms with van der Waals surface area (Å²) in [5, 5.41) is 5.88. The molecule has 0 radical (unpaired) electrons. The van der Waals surface area contributed by atoms with Crippen molar-refractivity contribution in [2.45, 2.75) is 25.4 Å². The molecule has 8 nitrogen and oxygen atoms in total.